The maximum Gasteiger partial charge on any atom is 0.251 e. The second-order valence-electron chi connectivity index (χ2n) is 6.56. The van der Waals surface area contributed by atoms with Crippen LogP contribution in [-0.2, 0) is 11.2 Å². The lowest BCUT2D eigenvalue weighted by Gasteiger charge is -2.14. The predicted octanol–water partition coefficient (Wildman–Crippen LogP) is 3.78. The van der Waals surface area contributed by atoms with Gasteiger partial charge in [-0.15, -0.1) is 23.7 Å². The molecule has 0 unspecified atom stereocenters. The van der Waals surface area contributed by atoms with Crippen LogP contribution in [0, 0.1) is 0 Å². The summed E-state index contributed by atoms with van der Waals surface area (Å²) < 4.78 is 0. The van der Waals surface area contributed by atoms with Crippen LogP contribution in [-0.4, -0.2) is 31.4 Å². The van der Waals surface area contributed by atoms with E-state index in [0.717, 1.165) is 32.4 Å². The second-order valence-corrected chi connectivity index (χ2v) is 7.59. The van der Waals surface area contributed by atoms with E-state index in [-0.39, 0.29) is 24.2 Å². The van der Waals surface area contributed by atoms with Gasteiger partial charge in [0.05, 0.1) is 0 Å². The van der Waals surface area contributed by atoms with Crippen molar-refractivity contribution >= 4 is 41.2 Å². The van der Waals surface area contributed by atoms with Crippen LogP contribution < -0.4 is 16.0 Å². The molecule has 0 atom stereocenters. The molecule has 1 aliphatic rings. The fourth-order valence-electron chi connectivity index (χ4n) is 2.97. The SMILES string of the molecule is Cl.O=C(CCCc1cccs1)Nc1cccc(C(=O)NCC2=CCNCC2)c1. The van der Waals surface area contributed by atoms with Crippen LogP contribution >= 0.6 is 23.7 Å². The lowest BCUT2D eigenvalue weighted by molar-refractivity contribution is -0.116. The summed E-state index contributed by atoms with van der Waals surface area (Å²) in [6.45, 7) is 2.38. The highest BCUT2D eigenvalue weighted by Gasteiger charge is 2.10. The molecule has 0 saturated heterocycles. The van der Waals surface area contributed by atoms with Crippen molar-refractivity contribution in [1.82, 2.24) is 10.6 Å². The van der Waals surface area contributed by atoms with Gasteiger partial charge in [0.25, 0.3) is 5.91 Å². The van der Waals surface area contributed by atoms with Gasteiger partial charge in [-0.2, -0.15) is 0 Å². The van der Waals surface area contributed by atoms with Crippen molar-refractivity contribution in [3.05, 3.63) is 63.9 Å². The van der Waals surface area contributed by atoms with Gasteiger partial charge < -0.3 is 16.0 Å². The van der Waals surface area contributed by atoms with Gasteiger partial charge in [0.2, 0.25) is 5.91 Å². The molecule has 1 aromatic heterocycles. The first-order valence-corrected chi connectivity index (χ1v) is 10.2. The molecular weight excluding hydrogens is 394 g/mol. The molecule has 0 spiro atoms. The summed E-state index contributed by atoms with van der Waals surface area (Å²) in [4.78, 5) is 25.8. The van der Waals surface area contributed by atoms with Crippen molar-refractivity contribution in [3.63, 3.8) is 0 Å². The summed E-state index contributed by atoms with van der Waals surface area (Å²) in [6.07, 6.45) is 5.28. The Morgan fingerprint density at radius 3 is 2.82 bits per heavy atom. The van der Waals surface area contributed by atoms with Crippen molar-refractivity contribution in [2.45, 2.75) is 25.7 Å². The van der Waals surface area contributed by atoms with E-state index in [1.165, 1.54) is 10.5 Å². The average Bonchev–Trinajstić information content (AvgIpc) is 3.20. The minimum absolute atomic E-state index is 0. The lowest BCUT2D eigenvalue weighted by atomic mass is 10.1. The molecule has 2 heterocycles. The molecule has 0 fully saturated rings. The van der Waals surface area contributed by atoms with E-state index in [1.54, 1.807) is 29.5 Å². The van der Waals surface area contributed by atoms with E-state index in [4.69, 9.17) is 0 Å². The Labute approximate surface area is 176 Å². The molecule has 0 saturated carbocycles. The molecule has 5 nitrogen and oxygen atoms in total. The number of halogens is 1. The van der Waals surface area contributed by atoms with Crippen LogP contribution in [0.15, 0.2) is 53.4 Å². The number of hydrogen-bond acceptors (Lipinski definition) is 4. The molecule has 0 aliphatic carbocycles. The Kier molecular flexibility index (Phi) is 9.20. The van der Waals surface area contributed by atoms with Crippen LogP contribution in [0.4, 0.5) is 5.69 Å². The van der Waals surface area contributed by atoms with Crippen LogP contribution in [0.3, 0.4) is 0 Å². The van der Waals surface area contributed by atoms with Crippen LogP contribution in [0.1, 0.15) is 34.5 Å². The van der Waals surface area contributed by atoms with E-state index in [9.17, 15) is 9.59 Å². The Bertz CT molecular complexity index is 806. The van der Waals surface area contributed by atoms with Gasteiger partial charge in [0.1, 0.15) is 0 Å². The molecule has 2 amide bonds. The second kappa shape index (κ2) is 11.6. The molecule has 1 aliphatic heterocycles. The maximum absolute atomic E-state index is 12.4. The van der Waals surface area contributed by atoms with Crippen molar-refractivity contribution in [2.75, 3.05) is 25.0 Å². The van der Waals surface area contributed by atoms with Gasteiger partial charge in [-0.05, 0) is 55.5 Å². The summed E-state index contributed by atoms with van der Waals surface area (Å²) in [5.74, 6) is -0.146. The monoisotopic (exact) mass is 419 g/mol. The molecule has 2 aromatic rings. The van der Waals surface area contributed by atoms with Crippen molar-refractivity contribution in [1.29, 1.82) is 0 Å². The molecule has 150 valence electrons. The molecule has 3 rings (SSSR count). The van der Waals surface area contributed by atoms with Gasteiger partial charge in [-0.1, -0.05) is 23.8 Å². The van der Waals surface area contributed by atoms with Crippen LogP contribution in [0.2, 0.25) is 0 Å². The Morgan fingerprint density at radius 1 is 1.18 bits per heavy atom. The van der Waals surface area contributed by atoms with E-state index >= 15 is 0 Å². The molecule has 3 N–H and O–H groups in total. The van der Waals surface area contributed by atoms with Crippen LogP contribution in [0.25, 0.3) is 0 Å². The van der Waals surface area contributed by atoms with Crippen LogP contribution in [0.5, 0.6) is 0 Å². The first kappa shape index (κ1) is 22.1. The summed E-state index contributed by atoms with van der Waals surface area (Å²) in [6, 6.07) is 11.2. The molecule has 0 bridgehead atoms. The van der Waals surface area contributed by atoms with Gasteiger partial charge in [0.15, 0.2) is 0 Å². The van der Waals surface area contributed by atoms with E-state index in [1.807, 2.05) is 17.5 Å². The molecule has 0 radical (unpaired) electrons. The summed E-state index contributed by atoms with van der Waals surface area (Å²) >= 11 is 1.71. The zero-order chi connectivity index (χ0) is 18.9. The Balaban J connectivity index is 0.00000280. The number of benzene rings is 1. The number of aryl methyl sites for hydroxylation is 1. The van der Waals surface area contributed by atoms with Crippen molar-refractivity contribution in [3.8, 4) is 0 Å². The number of anilines is 1. The first-order chi connectivity index (χ1) is 13.2. The van der Waals surface area contributed by atoms with Gasteiger partial charge >= 0.3 is 0 Å². The minimum atomic E-state index is -0.122. The molecule has 28 heavy (non-hydrogen) atoms. The van der Waals surface area contributed by atoms with Gasteiger partial charge in [-0.3, -0.25) is 9.59 Å². The van der Waals surface area contributed by atoms with Gasteiger partial charge in [0, 0.05) is 35.6 Å². The fraction of sp³-hybridized carbons (Fsp3) is 0.333. The third kappa shape index (κ3) is 7.11. The summed E-state index contributed by atoms with van der Waals surface area (Å²) in [7, 11) is 0. The normalized spacial score (nSPS) is 13.2. The Hall–Kier alpha value is -2.15. The number of amides is 2. The molecular formula is C21H26ClN3O2S. The number of carbonyl (C=O) groups is 2. The minimum Gasteiger partial charge on any atom is -0.348 e. The number of carbonyl (C=O) groups excluding carboxylic acids is 2. The summed E-state index contributed by atoms with van der Waals surface area (Å²) in [5.41, 5.74) is 2.46. The molecule has 1 aromatic carbocycles. The quantitative estimate of drug-likeness (QED) is 0.570. The molecule has 7 heteroatoms. The smallest absolute Gasteiger partial charge is 0.251 e. The fourth-order valence-corrected chi connectivity index (χ4v) is 3.72. The number of thiophene rings is 1. The number of nitrogens with one attached hydrogen (secondary N) is 3. The first-order valence-electron chi connectivity index (χ1n) is 9.30. The standard InChI is InChI=1S/C21H25N3O2S.ClH/c25-20(8-2-6-19-7-3-13-27-19)24-18-5-1-4-17(14-18)21(26)23-15-16-9-11-22-12-10-16;/h1,3-5,7,9,13-14,22H,2,6,8,10-12,15H2,(H,23,26)(H,24,25);1H. The summed E-state index contributed by atoms with van der Waals surface area (Å²) in [5, 5.41) is 11.1. The largest absolute Gasteiger partial charge is 0.348 e. The zero-order valence-corrected chi connectivity index (χ0v) is 17.3. The predicted molar refractivity (Wildman–Crippen MR) is 117 cm³/mol. The zero-order valence-electron chi connectivity index (χ0n) is 15.7. The number of hydrogen-bond donors (Lipinski definition) is 3. The third-order valence-corrected chi connectivity index (χ3v) is 5.39. The topological polar surface area (TPSA) is 70.2 Å². The highest BCUT2D eigenvalue weighted by molar-refractivity contribution is 7.09. The Morgan fingerprint density at radius 2 is 2.07 bits per heavy atom. The highest BCUT2D eigenvalue weighted by atomic mass is 35.5. The van der Waals surface area contributed by atoms with Crippen molar-refractivity contribution < 1.29 is 9.59 Å². The third-order valence-electron chi connectivity index (χ3n) is 4.45. The average molecular weight is 420 g/mol. The lowest BCUT2D eigenvalue weighted by Crippen LogP contribution is -2.29. The van der Waals surface area contributed by atoms with E-state index in [2.05, 4.69) is 28.1 Å². The maximum atomic E-state index is 12.4. The number of rotatable bonds is 8. The van der Waals surface area contributed by atoms with E-state index in [0.29, 0.717) is 24.2 Å². The highest BCUT2D eigenvalue weighted by Crippen LogP contribution is 2.14. The van der Waals surface area contributed by atoms with E-state index < -0.39 is 0 Å². The van der Waals surface area contributed by atoms with Gasteiger partial charge in [-0.25, -0.2) is 0 Å². The van der Waals surface area contributed by atoms with Crippen molar-refractivity contribution in [2.24, 2.45) is 0 Å².